The topological polar surface area (TPSA) is 50.4 Å². The lowest BCUT2D eigenvalue weighted by molar-refractivity contribution is 0.238. The van der Waals surface area contributed by atoms with Gasteiger partial charge in [0, 0.05) is 6.54 Å². The number of carbonyl (C=O) groups is 1. The van der Waals surface area contributed by atoms with E-state index in [1.54, 1.807) is 7.11 Å². The summed E-state index contributed by atoms with van der Waals surface area (Å²) in [6.45, 7) is 4.70. The third kappa shape index (κ3) is 5.30. The van der Waals surface area contributed by atoms with Crippen LogP contribution in [0.3, 0.4) is 0 Å². The van der Waals surface area contributed by atoms with Crippen molar-refractivity contribution in [1.82, 2.24) is 10.6 Å². The molecular formula is C20H26N2O2. The number of aryl methyl sites for hydroxylation is 1. The van der Waals surface area contributed by atoms with Crippen molar-refractivity contribution in [1.29, 1.82) is 0 Å². The first-order valence-electron chi connectivity index (χ1n) is 8.38. The Bertz CT molecular complexity index is 653. The fourth-order valence-corrected chi connectivity index (χ4v) is 2.52. The fraction of sp³-hybridized carbons (Fsp3) is 0.350. The summed E-state index contributed by atoms with van der Waals surface area (Å²) in [6.07, 6.45) is 1.79. The van der Waals surface area contributed by atoms with Crippen LogP contribution in [0.1, 0.15) is 36.6 Å². The lowest BCUT2D eigenvalue weighted by Gasteiger charge is -2.15. The third-order valence-electron chi connectivity index (χ3n) is 4.07. The van der Waals surface area contributed by atoms with Gasteiger partial charge in [0.1, 0.15) is 5.75 Å². The van der Waals surface area contributed by atoms with Gasteiger partial charge in [-0.3, -0.25) is 0 Å². The van der Waals surface area contributed by atoms with E-state index in [1.165, 1.54) is 5.56 Å². The number of benzene rings is 2. The molecule has 0 aliphatic heterocycles. The van der Waals surface area contributed by atoms with Gasteiger partial charge in [-0.15, -0.1) is 0 Å². The Morgan fingerprint density at radius 2 is 1.88 bits per heavy atom. The van der Waals surface area contributed by atoms with Gasteiger partial charge in [0.25, 0.3) is 0 Å². The quantitative estimate of drug-likeness (QED) is 0.812. The van der Waals surface area contributed by atoms with Gasteiger partial charge in [0.2, 0.25) is 0 Å². The molecule has 2 aromatic carbocycles. The van der Waals surface area contributed by atoms with Gasteiger partial charge in [0.05, 0.1) is 13.2 Å². The Hall–Kier alpha value is -2.49. The van der Waals surface area contributed by atoms with Crippen LogP contribution in [0.15, 0.2) is 48.5 Å². The van der Waals surface area contributed by atoms with Crippen molar-refractivity contribution in [3.05, 3.63) is 65.2 Å². The standard InChI is InChI=1S/C20H26N2O2/c1-4-16-8-10-18(11-9-16)15(2)22-20(23)21-13-12-17-6-5-7-19(14-17)24-3/h5-11,14-15H,4,12-13H2,1-3H3,(H2,21,22,23). The number of nitrogens with one attached hydrogen (secondary N) is 2. The van der Waals surface area contributed by atoms with E-state index in [9.17, 15) is 4.79 Å². The zero-order valence-electron chi connectivity index (χ0n) is 14.6. The minimum Gasteiger partial charge on any atom is -0.497 e. The van der Waals surface area contributed by atoms with Crippen LogP contribution in [0.5, 0.6) is 5.75 Å². The van der Waals surface area contributed by atoms with E-state index in [0.717, 1.165) is 29.7 Å². The third-order valence-corrected chi connectivity index (χ3v) is 4.07. The number of ether oxygens (including phenoxy) is 1. The number of methoxy groups -OCH3 is 1. The highest BCUT2D eigenvalue weighted by molar-refractivity contribution is 5.74. The maximum Gasteiger partial charge on any atom is 0.315 e. The van der Waals surface area contributed by atoms with Crippen molar-refractivity contribution in [2.45, 2.75) is 32.7 Å². The predicted molar refractivity (Wildman–Crippen MR) is 97.5 cm³/mol. The first kappa shape index (κ1) is 17.9. The summed E-state index contributed by atoms with van der Waals surface area (Å²) in [5.41, 5.74) is 3.54. The van der Waals surface area contributed by atoms with Crippen molar-refractivity contribution in [2.75, 3.05) is 13.7 Å². The number of carbonyl (C=O) groups excluding carboxylic acids is 1. The van der Waals surface area contributed by atoms with Crippen LogP contribution in [-0.4, -0.2) is 19.7 Å². The lowest BCUT2D eigenvalue weighted by Crippen LogP contribution is -2.38. The second-order valence-corrected chi connectivity index (χ2v) is 5.82. The SMILES string of the molecule is CCc1ccc(C(C)NC(=O)NCCc2cccc(OC)c2)cc1. The summed E-state index contributed by atoms with van der Waals surface area (Å²) in [5.74, 6) is 0.834. The summed E-state index contributed by atoms with van der Waals surface area (Å²) in [6, 6.07) is 16.1. The van der Waals surface area contributed by atoms with Crippen molar-refractivity contribution in [3.63, 3.8) is 0 Å². The monoisotopic (exact) mass is 326 g/mol. The molecule has 0 heterocycles. The maximum atomic E-state index is 12.0. The molecule has 2 aromatic rings. The molecule has 4 nitrogen and oxygen atoms in total. The van der Waals surface area contributed by atoms with Gasteiger partial charge >= 0.3 is 6.03 Å². The Morgan fingerprint density at radius 3 is 2.54 bits per heavy atom. The molecule has 0 aliphatic rings. The molecule has 24 heavy (non-hydrogen) atoms. The van der Waals surface area contributed by atoms with E-state index >= 15 is 0 Å². The summed E-state index contributed by atoms with van der Waals surface area (Å²) in [7, 11) is 1.65. The highest BCUT2D eigenvalue weighted by Crippen LogP contribution is 2.14. The molecule has 0 fully saturated rings. The second kappa shape index (κ2) is 8.96. The Morgan fingerprint density at radius 1 is 1.12 bits per heavy atom. The molecule has 0 aromatic heterocycles. The molecule has 2 rings (SSSR count). The molecule has 4 heteroatoms. The van der Waals surface area contributed by atoms with E-state index in [2.05, 4.69) is 41.8 Å². The molecule has 0 bridgehead atoms. The second-order valence-electron chi connectivity index (χ2n) is 5.82. The largest absolute Gasteiger partial charge is 0.497 e. The minimum absolute atomic E-state index is 0.0206. The van der Waals surface area contributed by atoms with Crippen molar-refractivity contribution < 1.29 is 9.53 Å². The summed E-state index contributed by atoms with van der Waals surface area (Å²) in [5, 5.41) is 5.87. The normalized spacial score (nSPS) is 11.6. The van der Waals surface area contributed by atoms with Crippen LogP contribution in [0.2, 0.25) is 0 Å². The van der Waals surface area contributed by atoms with Crippen LogP contribution in [0.25, 0.3) is 0 Å². The summed E-state index contributed by atoms with van der Waals surface area (Å²) >= 11 is 0. The van der Waals surface area contributed by atoms with E-state index in [-0.39, 0.29) is 12.1 Å². The van der Waals surface area contributed by atoms with Gasteiger partial charge in [-0.2, -0.15) is 0 Å². The molecule has 0 saturated carbocycles. The molecule has 0 aliphatic carbocycles. The van der Waals surface area contributed by atoms with Gasteiger partial charge in [0.15, 0.2) is 0 Å². The number of amides is 2. The Kier molecular flexibility index (Phi) is 6.67. The van der Waals surface area contributed by atoms with Crippen LogP contribution < -0.4 is 15.4 Å². The maximum absolute atomic E-state index is 12.0. The van der Waals surface area contributed by atoms with E-state index in [0.29, 0.717) is 6.54 Å². The number of hydrogen-bond donors (Lipinski definition) is 2. The smallest absolute Gasteiger partial charge is 0.315 e. The molecule has 0 radical (unpaired) electrons. The van der Waals surface area contributed by atoms with Gasteiger partial charge < -0.3 is 15.4 Å². The minimum atomic E-state index is -0.148. The van der Waals surface area contributed by atoms with E-state index in [1.807, 2.05) is 31.2 Å². The summed E-state index contributed by atoms with van der Waals surface area (Å²) in [4.78, 5) is 12.0. The van der Waals surface area contributed by atoms with E-state index in [4.69, 9.17) is 4.74 Å². The average Bonchev–Trinajstić information content (AvgIpc) is 2.62. The van der Waals surface area contributed by atoms with Crippen molar-refractivity contribution >= 4 is 6.03 Å². The predicted octanol–water partition coefficient (Wildman–Crippen LogP) is 3.86. The van der Waals surface area contributed by atoms with Crippen molar-refractivity contribution in [3.8, 4) is 5.75 Å². The molecule has 2 amide bonds. The van der Waals surface area contributed by atoms with E-state index < -0.39 is 0 Å². The first-order chi connectivity index (χ1) is 11.6. The first-order valence-corrected chi connectivity index (χ1v) is 8.38. The average molecular weight is 326 g/mol. The van der Waals surface area contributed by atoms with Gasteiger partial charge in [-0.25, -0.2) is 4.79 Å². The molecule has 1 unspecified atom stereocenters. The number of hydrogen-bond acceptors (Lipinski definition) is 2. The Labute approximate surface area is 144 Å². The van der Waals surface area contributed by atoms with Crippen LogP contribution in [-0.2, 0) is 12.8 Å². The van der Waals surface area contributed by atoms with Gasteiger partial charge in [-0.05, 0) is 48.6 Å². The van der Waals surface area contributed by atoms with Crippen molar-refractivity contribution in [2.24, 2.45) is 0 Å². The number of rotatable bonds is 7. The highest BCUT2D eigenvalue weighted by atomic mass is 16.5. The molecule has 1 atom stereocenters. The van der Waals surface area contributed by atoms with Crippen LogP contribution in [0.4, 0.5) is 4.79 Å². The highest BCUT2D eigenvalue weighted by Gasteiger charge is 2.09. The van der Waals surface area contributed by atoms with Crippen LogP contribution >= 0.6 is 0 Å². The van der Waals surface area contributed by atoms with Crippen LogP contribution in [0, 0.1) is 0 Å². The molecule has 0 spiro atoms. The fourth-order valence-electron chi connectivity index (χ4n) is 2.52. The molecule has 128 valence electrons. The van der Waals surface area contributed by atoms with Gasteiger partial charge in [-0.1, -0.05) is 43.3 Å². The lowest BCUT2D eigenvalue weighted by atomic mass is 10.1. The number of urea groups is 1. The molecule has 0 saturated heterocycles. The zero-order chi connectivity index (χ0) is 17.4. The summed E-state index contributed by atoms with van der Waals surface area (Å²) < 4.78 is 5.20. The Balaban J connectivity index is 1.77. The zero-order valence-corrected chi connectivity index (χ0v) is 14.6. The molecular weight excluding hydrogens is 300 g/mol. The molecule has 2 N–H and O–H groups in total.